The molecule has 0 amide bonds. The van der Waals surface area contributed by atoms with Crippen LogP contribution in [0.2, 0.25) is 0 Å². The second-order valence-electron chi connectivity index (χ2n) is 7.59. The van der Waals surface area contributed by atoms with Crippen molar-refractivity contribution in [3.63, 3.8) is 0 Å². The molecule has 5 nitrogen and oxygen atoms in total. The molecule has 0 N–H and O–H groups in total. The first kappa shape index (κ1) is 19.6. The number of aryl methyl sites for hydroxylation is 2. The maximum atomic E-state index is 13.2. The van der Waals surface area contributed by atoms with Gasteiger partial charge in [0.25, 0.3) is 10.0 Å². The van der Waals surface area contributed by atoms with Gasteiger partial charge >= 0.3 is 0 Å². The van der Waals surface area contributed by atoms with Gasteiger partial charge in [0.1, 0.15) is 16.6 Å². The molecule has 152 valence electrons. The quantitative estimate of drug-likeness (QED) is 0.753. The maximum Gasteiger partial charge on any atom is 0.285 e. The number of piperazine rings is 1. The summed E-state index contributed by atoms with van der Waals surface area (Å²) < 4.78 is 42.9. The van der Waals surface area contributed by atoms with Crippen LogP contribution < -0.4 is 4.90 Å². The van der Waals surface area contributed by atoms with E-state index in [1.165, 1.54) is 12.1 Å². The van der Waals surface area contributed by atoms with Crippen LogP contribution in [-0.4, -0.2) is 45.3 Å². The van der Waals surface area contributed by atoms with Crippen LogP contribution in [0.1, 0.15) is 23.6 Å². The monoisotopic (exact) mass is 413 g/mol. The first-order chi connectivity index (χ1) is 13.8. The van der Waals surface area contributed by atoms with Gasteiger partial charge in [0, 0.05) is 37.4 Å². The highest BCUT2D eigenvalue weighted by atomic mass is 32.2. The third-order valence-corrected chi connectivity index (χ3v) is 7.15. The number of amidine groups is 1. The van der Waals surface area contributed by atoms with Crippen LogP contribution in [0.5, 0.6) is 0 Å². The van der Waals surface area contributed by atoms with Crippen molar-refractivity contribution < 1.29 is 12.8 Å². The van der Waals surface area contributed by atoms with Gasteiger partial charge in [0.2, 0.25) is 0 Å². The minimum atomic E-state index is -3.72. The molecule has 2 heterocycles. The Bertz CT molecular complexity index is 1110. The zero-order chi connectivity index (χ0) is 20.8. The van der Waals surface area contributed by atoms with E-state index in [0.717, 1.165) is 29.9 Å². The van der Waals surface area contributed by atoms with E-state index in [1.54, 1.807) is 12.1 Å². The molecule has 7 heteroatoms. The molecule has 0 unspecified atom stereocenters. The summed E-state index contributed by atoms with van der Waals surface area (Å²) in [6.07, 6.45) is 0. The number of halogens is 1. The fraction of sp³-hybridized carbons (Fsp3) is 0.318. The van der Waals surface area contributed by atoms with Crippen LogP contribution in [0, 0.1) is 19.7 Å². The van der Waals surface area contributed by atoms with Crippen molar-refractivity contribution in [2.75, 3.05) is 31.1 Å². The molecule has 0 bridgehead atoms. The summed E-state index contributed by atoms with van der Waals surface area (Å²) in [6, 6.07) is 12.2. The molecule has 0 spiro atoms. The lowest BCUT2D eigenvalue weighted by Gasteiger charge is -2.37. The van der Waals surface area contributed by atoms with Gasteiger partial charge in [0.05, 0.1) is 0 Å². The standard InChI is InChI=1S/C22H24FN3O2S/c1-15-4-5-18(14-16(15)2)21-17(3)22(24-29(21,27)28)26-12-10-25(11-13-26)20-8-6-19(23)7-9-20/h4-9,14H,10-13H2,1-3H3. The molecule has 2 aliphatic rings. The molecule has 0 aliphatic carbocycles. The normalized spacial score (nSPS) is 19.0. The summed E-state index contributed by atoms with van der Waals surface area (Å²) in [7, 11) is -3.72. The van der Waals surface area contributed by atoms with Crippen LogP contribution in [0.4, 0.5) is 10.1 Å². The molecule has 1 fully saturated rings. The number of benzene rings is 2. The smallest absolute Gasteiger partial charge is 0.285 e. The second kappa shape index (κ2) is 7.30. The van der Waals surface area contributed by atoms with Crippen molar-refractivity contribution in [1.29, 1.82) is 0 Å². The molecule has 0 saturated carbocycles. The predicted molar refractivity (Wildman–Crippen MR) is 115 cm³/mol. The first-order valence-electron chi connectivity index (χ1n) is 9.65. The van der Waals surface area contributed by atoms with Gasteiger partial charge < -0.3 is 9.80 Å². The summed E-state index contributed by atoms with van der Waals surface area (Å²) in [4.78, 5) is 4.50. The van der Waals surface area contributed by atoms with E-state index in [4.69, 9.17) is 0 Å². The number of sulfonamides is 1. The molecule has 0 atom stereocenters. The molecule has 0 radical (unpaired) electrons. The Morgan fingerprint density at radius 2 is 1.48 bits per heavy atom. The third kappa shape index (κ3) is 3.67. The van der Waals surface area contributed by atoms with Crippen LogP contribution in [0.25, 0.3) is 4.91 Å². The van der Waals surface area contributed by atoms with Gasteiger partial charge in [-0.1, -0.05) is 18.2 Å². The molecule has 0 aromatic heterocycles. The van der Waals surface area contributed by atoms with E-state index in [2.05, 4.69) is 9.30 Å². The van der Waals surface area contributed by atoms with Crippen molar-refractivity contribution in [2.45, 2.75) is 20.8 Å². The lowest BCUT2D eigenvalue weighted by atomic mass is 10.0. The predicted octanol–water partition coefficient (Wildman–Crippen LogP) is 3.74. The lowest BCUT2D eigenvalue weighted by Crippen LogP contribution is -2.48. The molecule has 1 saturated heterocycles. The molecule has 4 rings (SSSR count). The summed E-state index contributed by atoms with van der Waals surface area (Å²) in [5.41, 5.74) is 4.53. The van der Waals surface area contributed by atoms with E-state index < -0.39 is 10.0 Å². The third-order valence-electron chi connectivity index (χ3n) is 5.68. The fourth-order valence-corrected chi connectivity index (χ4v) is 5.37. The van der Waals surface area contributed by atoms with Crippen molar-refractivity contribution in [1.82, 2.24) is 4.90 Å². The Labute approximate surface area is 171 Å². The van der Waals surface area contributed by atoms with Crippen molar-refractivity contribution >= 4 is 26.5 Å². The number of hydrogen-bond donors (Lipinski definition) is 0. The van der Waals surface area contributed by atoms with Gasteiger partial charge in [-0.15, -0.1) is 4.40 Å². The van der Waals surface area contributed by atoms with Crippen molar-refractivity contribution in [3.8, 4) is 0 Å². The molecule has 2 aromatic rings. The minimum Gasteiger partial charge on any atom is -0.368 e. The zero-order valence-electron chi connectivity index (χ0n) is 16.8. The topological polar surface area (TPSA) is 53.0 Å². The molecule has 29 heavy (non-hydrogen) atoms. The van der Waals surface area contributed by atoms with E-state index in [0.29, 0.717) is 35.0 Å². The minimum absolute atomic E-state index is 0.252. The average Bonchev–Trinajstić information content (AvgIpc) is 2.94. The van der Waals surface area contributed by atoms with Gasteiger partial charge in [-0.3, -0.25) is 0 Å². The summed E-state index contributed by atoms with van der Waals surface area (Å²) >= 11 is 0. The van der Waals surface area contributed by atoms with Gasteiger partial charge in [-0.25, -0.2) is 4.39 Å². The molecule has 2 aliphatic heterocycles. The zero-order valence-corrected chi connectivity index (χ0v) is 17.6. The van der Waals surface area contributed by atoms with E-state index in [-0.39, 0.29) is 5.82 Å². The Kier molecular flexibility index (Phi) is 4.94. The Hall–Kier alpha value is -2.67. The Balaban J connectivity index is 1.57. The van der Waals surface area contributed by atoms with Crippen LogP contribution in [0.15, 0.2) is 52.4 Å². The van der Waals surface area contributed by atoms with Gasteiger partial charge in [-0.05, 0) is 61.7 Å². The van der Waals surface area contributed by atoms with Gasteiger partial charge in [-0.2, -0.15) is 8.42 Å². The highest BCUT2D eigenvalue weighted by Gasteiger charge is 2.34. The largest absolute Gasteiger partial charge is 0.368 e. The summed E-state index contributed by atoms with van der Waals surface area (Å²) in [6.45, 7) is 8.57. The number of anilines is 1. The number of rotatable bonds is 2. The van der Waals surface area contributed by atoms with Crippen LogP contribution >= 0.6 is 0 Å². The van der Waals surface area contributed by atoms with Crippen LogP contribution in [0.3, 0.4) is 0 Å². The average molecular weight is 414 g/mol. The van der Waals surface area contributed by atoms with Crippen molar-refractivity contribution in [3.05, 3.63) is 70.5 Å². The fourth-order valence-electron chi connectivity index (χ4n) is 3.89. The Morgan fingerprint density at radius 1 is 0.862 bits per heavy atom. The lowest BCUT2D eigenvalue weighted by molar-refractivity contribution is 0.386. The summed E-state index contributed by atoms with van der Waals surface area (Å²) in [5.74, 6) is 0.287. The first-order valence-corrected chi connectivity index (χ1v) is 11.1. The van der Waals surface area contributed by atoms with E-state index in [1.807, 2.05) is 43.9 Å². The molecular weight excluding hydrogens is 389 g/mol. The summed E-state index contributed by atoms with van der Waals surface area (Å²) in [5, 5.41) is 0. The highest BCUT2D eigenvalue weighted by molar-refractivity contribution is 8.00. The highest BCUT2D eigenvalue weighted by Crippen LogP contribution is 2.34. The maximum absolute atomic E-state index is 13.2. The van der Waals surface area contributed by atoms with Crippen molar-refractivity contribution in [2.24, 2.45) is 4.40 Å². The SMILES string of the molecule is CC1=C(c2ccc(C)c(C)c2)S(=O)(=O)N=C1N1CCN(c2ccc(F)cc2)CC1. The second-order valence-corrected chi connectivity index (χ2v) is 9.13. The number of nitrogens with zero attached hydrogens (tertiary/aromatic N) is 3. The van der Waals surface area contributed by atoms with Gasteiger partial charge in [0.15, 0.2) is 0 Å². The van der Waals surface area contributed by atoms with Crippen LogP contribution in [-0.2, 0) is 10.0 Å². The van der Waals surface area contributed by atoms with E-state index in [9.17, 15) is 12.8 Å². The molecule has 2 aromatic carbocycles. The Morgan fingerprint density at radius 3 is 2.10 bits per heavy atom. The number of hydrogen-bond acceptors (Lipinski definition) is 4. The van der Waals surface area contributed by atoms with E-state index >= 15 is 0 Å². The molecular formula is C22H24FN3O2S.